The summed E-state index contributed by atoms with van der Waals surface area (Å²) in [4.78, 5) is 41.6. The molecule has 3 heterocycles. The third-order valence-electron chi connectivity index (χ3n) is 5.47. The third kappa shape index (κ3) is 3.14. The molecule has 2 aromatic carbocycles. The van der Waals surface area contributed by atoms with Crippen LogP contribution < -0.4 is 11.1 Å². The Morgan fingerprint density at radius 3 is 2.63 bits per heavy atom. The molecule has 4 aromatic rings. The maximum atomic E-state index is 13.0. The second kappa shape index (κ2) is 7.18. The molecule has 0 bridgehead atoms. The first-order valence-electron chi connectivity index (χ1n) is 9.77. The molecule has 2 aromatic heterocycles. The van der Waals surface area contributed by atoms with Gasteiger partial charge in [0.15, 0.2) is 0 Å². The first-order chi connectivity index (χ1) is 14.6. The van der Waals surface area contributed by atoms with Gasteiger partial charge < -0.3 is 14.3 Å². The lowest BCUT2D eigenvalue weighted by molar-refractivity contribution is -0.133. The Bertz CT molecular complexity index is 1360. The number of aromatic amines is 1. The van der Waals surface area contributed by atoms with Crippen molar-refractivity contribution in [3.63, 3.8) is 0 Å². The molecule has 150 valence electrons. The lowest BCUT2D eigenvalue weighted by atomic mass is 10.1. The molecule has 7 nitrogen and oxygen atoms in total. The van der Waals surface area contributed by atoms with Crippen LogP contribution in [0, 0.1) is 0 Å². The molecular formula is C23H19N3O4. The number of fused-ring (bicyclic) bond motifs is 2. The quantitative estimate of drug-likeness (QED) is 0.535. The van der Waals surface area contributed by atoms with Crippen LogP contribution in [-0.2, 0) is 24.3 Å². The van der Waals surface area contributed by atoms with E-state index in [1.165, 1.54) is 4.57 Å². The molecule has 1 aliphatic rings. The molecule has 5 rings (SSSR count). The van der Waals surface area contributed by atoms with Crippen molar-refractivity contribution in [3.05, 3.63) is 92.7 Å². The summed E-state index contributed by atoms with van der Waals surface area (Å²) in [5, 5.41) is 0. The number of carbonyl (C=O) groups is 1. The highest BCUT2D eigenvalue weighted by atomic mass is 16.3. The van der Waals surface area contributed by atoms with Crippen LogP contribution in [0.25, 0.3) is 22.4 Å². The fourth-order valence-electron chi connectivity index (χ4n) is 3.89. The van der Waals surface area contributed by atoms with Gasteiger partial charge in [-0.15, -0.1) is 0 Å². The Labute approximate surface area is 171 Å². The number of carbonyl (C=O) groups excluding carboxylic acids is 1. The number of hydrogen-bond donors (Lipinski definition) is 1. The molecule has 0 fully saturated rings. The smallest absolute Gasteiger partial charge is 0.317 e. The predicted molar refractivity (Wildman–Crippen MR) is 112 cm³/mol. The van der Waals surface area contributed by atoms with Crippen LogP contribution in [0.1, 0.15) is 11.3 Å². The molecule has 0 saturated carbocycles. The van der Waals surface area contributed by atoms with E-state index in [2.05, 4.69) is 4.98 Å². The Kier molecular flexibility index (Phi) is 4.35. The van der Waals surface area contributed by atoms with Gasteiger partial charge in [-0.3, -0.25) is 19.0 Å². The van der Waals surface area contributed by atoms with E-state index in [1.54, 1.807) is 29.2 Å². The molecule has 0 saturated heterocycles. The summed E-state index contributed by atoms with van der Waals surface area (Å²) in [6.07, 6.45) is 0.683. The highest BCUT2D eigenvalue weighted by Gasteiger charge is 2.25. The minimum atomic E-state index is -0.735. The molecule has 7 heteroatoms. The third-order valence-corrected chi connectivity index (χ3v) is 5.47. The first-order valence-corrected chi connectivity index (χ1v) is 9.77. The van der Waals surface area contributed by atoms with Gasteiger partial charge in [-0.1, -0.05) is 42.5 Å². The summed E-state index contributed by atoms with van der Waals surface area (Å²) in [7, 11) is 0. The Balaban J connectivity index is 1.41. The summed E-state index contributed by atoms with van der Waals surface area (Å²) in [5.74, 6) is 1.32. The van der Waals surface area contributed by atoms with E-state index in [9.17, 15) is 14.4 Å². The van der Waals surface area contributed by atoms with E-state index in [0.717, 1.165) is 22.6 Å². The van der Waals surface area contributed by atoms with Crippen molar-refractivity contribution < 1.29 is 9.21 Å². The number of H-pyrrole nitrogens is 1. The Morgan fingerprint density at radius 2 is 1.80 bits per heavy atom. The van der Waals surface area contributed by atoms with Crippen LogP contribution in [0.2, 0.25) is 0 Å². The van der Waals surface area contributed by atoms with Crippen molar-refractivity contribution in [2.75, 3.05) is 6.54 Å². The standard InChI is InChI=1S/C23H19N3O4/c27-21(14-26-18-9-5-4-8-17(18)24-22(28)23(26)29)25-11-10-16-12-19(30-20(16)13-25)15-6-2-1-3-7-15/h1-9,12H,10-11,13-14H2,(H,24,28). The maximum absolute atomic E-state index is 13.0. The fourth-order valence-corrected chi connectivity index (χ4v) is 3.89. The van der Waals surface area contributed by atoms with Crippen LogP contribution in [0.15, 0.2) is 74.7 Å². The number of rotatable bonds is 3. The molecule has 1 N–H and O–H groups in total. The van der Waals surface area contributed by atoms with Gasteiger partial charge in [-0.2, -0.15) is 0 Å². The Hall–Kier alpha value is -3.87. The number of amides is 1. The molecule has 0 unspecified atom stereocenters. The summed E-state index contributed by atoms with van der Waals surface area (Å²) in [6, 6.07) is 18.8. The van der Waals surface area contributed by atoms with Crippen molar-refractivity contribution in [2.45, 2.75) is 19.5 Å². The highest BCUT2D eigenvalue weighted by molar-refractivity contribution is 5.80. The number of aromatic nitrogens is 2. The molecule has 0 spiro atoms. The highest BCUT2D eigenvalue weighted by Crippen LogP contribution is 2.29. The number of para-hydroxylation sites is 2. The number of nitrogens with zero attached hydrogens (tertiary/aromatic N) is 2. The molecule has 0 radical (unpaired) electrons. The van der Waals surface area contributed by atoms with Gasteiger partial charge in [-0.05, 0) is 30.2 Å². The summed E-state index contributed by atoms with van der Waals surface area (Å²) in [6.45, 7) is 0.692. The lowest BCUT2D eigenvalue weighted by Crippen LogP contribution is -2.43. The zero-order valence-electron chi connectivity index (χ0n) is 16.1. The van der Waals surface area contributed by atoms with Crippen LogP contribution in [0.5, 0.6) is 0 Å². The molecule has 30 heavy (non-hydrogen) atoms. The van der Waals surface area contributed by atoms with Gasteiger partial charge in [0.2, 0.25) is 5.91 Å². The van der Waals surface area contributed by atoms with Gasteiger partial charge >= 0.3 is 11.1 Å². The summed E-state index contributed by atoms with van der Waals surface area (Å²) >= 11 is 0. The van der Waals surface area contributed by atoms with Gasteiger partial charge in [0.1, 0.15) is 18.1 Å². The predicted octanol–water partition coefficient (Wildman–Crippen LogP) is 2.53. The molecular weight excluding hydrogens is 382 g/mol. The number of nitrogens with one attached hydrogen (secondary N) is 1. The van der Waals surface area contributed by atoms with E-state index in [1.807, 2.05) is 36.4 Å². The van der Waals surface area contributed by atoms with Crippen molar-refractivity contribution >= 4 is 16.9 Å². The summed E-state index contributed by atoms with van der Waals surface area (Å²) < 4.78 is 7.26. The lowest BCUT2D eigenvalue weighted by Gasteiger charge is -2.26. The van der Waals surface area contributed by atoms with Gasteiger partial charge in [-0.25, -0.2) is 0 Å². The molecule has 1 amide bonds. The van der Waals surface area contributed by atoms with Crippen LogP contribution in [0.3, 0.4) is 0 Å². The molecule has 0 aliphatic carbocycles. The van der Waals surface area contributed by atoms with Gasteiger partial charge in [0.05, 0.1) is 17.6 Å². The number of hydrogen-bond acceptors (Lipinski definition) is 4. The topological polar surface area (TPSA) is 88.3 Å². The molecule has 0 atom stereocenters. The average Bonchev–Trinajstić information content (AvgIpc) is 3.21. The normalized spacial score (nSPS) is 13.4. The Morgan fingerprint density at radius 1 is 1.03 bits per heavy atom. The van der Waals surface area contributed by atoms with Crippen LogP contribution in [0.4, 0.5) is 0 Å². The van der Waals surface area contributed by atoms with Crippen molar-refractivity contribution in [1.29, 1.82) is 0 Å². The zero-order valence-corrected chi connectivity index (χ0v) is 16.1. The SMILES string of the molecule is O=C(Cn1c(=O)c(=O)[nH]c2ccccc21)N1CCc2cc(-c3ccccc3)oc2C1. The van der Waals surface area contributed by atoms with E-state index in [0.29, 0.717) is 30.5 Å². The minimum Gasteiger partial charge on any atom is -0.459 e. The van der Waals surface area contributed by atoms with Gasteiger partial charge in [0.25, 0.3) is 0 Å². The van der Waals surface area contributed by atoms with E-state index < -0.39 is 11.1 Å². The minimum absolute atomic E-state index is 0.190. The fraction of sp³-hybridized carbons (Fsp3) is 0.174. The van der Waals surface area contributed by atoms with Crippen molar-refractivity contribution in [2.24, 2.45) is 0 Å². The number of benzene rings is 2. The first kappa shape index (κ1) is 18.2. The van der Waals surface area contributed by atoms with Gasteiger partial charge in [0, 0.05) is 12.1 Å². The summed E-state index contributed by atoms with van der Waals surface area (Å²) in [5.41, 5.74) is 1.67. The van der Waals surface area contributed by atoms with Crippen molar-refractivity contribution in [1.82, 2.24) is 14.5 Å². The zero-order chi connectivity index (χ0) is 20.7. The van der Waals surface area contributed by atoms with E-state index in [-0.39, 0.29) is 12.5 Å². The largest absolute Gasteiger partial charge is 0.459 e. The van der Waals surface area contributed by atoms with E-state index >= 15 is 0 Å². The molecule has 1 aliphatic heterocycles. The second-order valence-corrected chi connectivity index (χ2v) is 7.35. The maximum Gasteiger partial charge on any atom is 0.317 e. The van der Waals surface area contributed by atoms with E-state index in [4.69, 9.17) is 4.42 Å². The number of furan rings is 1. The van der Waals surface area contributed by atoms with Crippen LogP contribution >= 0.6 is 0 Å². The van der Waals surface area contributed by atoms with Crippen molar-refractivity contribution in [3.8, 4) is 11.3 Å². The second-order valence-electron chi connectivity index (χ2n) is 7.35. The van der Waals surface area contributed by atoms with Crippen LogP contribution in [-0.4, -0.2) is 26.9 Å². The monoisotopic (exact) mass is 401 g/mol. The average molecular weight is 401 g/mol.